The number of hydrogen-bond donors (Lipinski definition) is 2. The summed E-state index contributed by atoms with van der Waals surface area (Å²) in [6, 6.07) is 0. The van der Waals surface area contributed by atoms with E-state index in [0.717, 1.165) is 19.3 Å². The second kappa shape index (κ2) is 4.60. The molecule has 4 heteroatoms. The molecule has 4 nitrogen and oxygen atoms in total. The molecule has 1 fully saturated rings. The summed E-state index contributed by atoms with van der Waals surface area (Å²) in [5, 5.41) is 20.3. The van der Waals surface area contributed by atoms with Crippen molar-refractivity contribution in [3.05, 3.63) is 11.6 Å². The molecule has 0 radical (unpaired) electrons. The minimum atomic E-state index is -1.11. The molecule has 2 aliphatic rings. The van der Waals surface area contributed by atoms with Gasteiger partial charge >= 0.3 is 0 Å². The molecular formula is C14H24O4. The molecule has 2 N–H and O–H groups in total. The van der Waals surface area contributed by atoms with E-state index in [9.17, 15) is 10.2 Å². The quantitative estimate of drug-likeness (QED) is 0.755. The van der Waals surface area contributed by atoms with Crippen molar-refractivity contribution in [2.75, 3.05) is 13.2 Å². The maximum Gasteiger partial charge on any atom is 0.172 e. The van der Waals surface area contributed by atoms with Crippen molar-refractivity contribution in [2.45, 2.75) is 63.4 Å². The summed E-state index contributed by atoms with van der Waals surface area (Å²) in [6.45, 7) is 6.30. The SMILES string of the molecule is CC(C)(O)C(C)(O)CC1=CCC2(CC1)OCCO2. The second-order valence-corrected chi connectivity index (χ2v) is 6.18. The Hall–Kier alpha value is -0.420. The van der Waals surface area contributed by atoms with Gasteiger partial charge in [-0.05, 0) is 33.6 Å². The fourth-order valence-electron chi connectivity index (χ4n) is 2.43. The Labute approximate surface area is 109 Å². The van der Waals surface area contributed by atoms with Crippen LogP contribution in [0.3, 0.4) is 0 Å². The standard InChI is InChI=1S/C14H24O4/c1-12(2,15)13(3,16)10-11-4-6-14(7-5-11)17-8-9-18-14/h4,15-16H,5-10H2,1-3H3. The first-order chi connectivity index (χ1) is 8.24. The van der Waals surface area contributed by atoms with E-state index in [0.29, 0.717) is 19.6 Å². The molecule has 1 atom stereocenters. The number of ether oxygens (including phenoxy) is 2. The van der Waals surface area contributed by atoms with Gasteiger partial charge in [0, 0.05) is 12.8 Å². The Morgan fingerprint density at radius 3 is 2.28 bits per heavy atom. The Morgan fingerprint density at radius 2 is 1.83 bits per heavy atom. The fraction of sp³-hybridized carbons (Fsp3) is 0.857. The Morgan fingerprint density at radius 1 is 1.22 bits per heavy atom. The molecular weight excluding hydrogens is 232 g/mol. The summed E-state index contributed by atoms with van der Waals surface area (Å²) in [7, 11) is 0. The van der Waals surface area contributed by atoms with Crippen LogP contribution in [-0.4, -0.2) is 40.4 Å². The largest absolute Gasteiger partial charge is 0.387 e. The van der Waals surface area contributed by atoms with Gasteiger partial charge in [0.15, 0.2) is 5.79 Å². The van der Waals surface area contributed by atoms with Crippen molar-refractivity contribution in [3.63, 3.8) is 0 Å². The molecule has 0 saturated carbocycles. The van der Waals surface area contributed by atoms with Crippen LogP contribution < -0.4 is 0 Å². The number of aliphatic hydroxyl groups is 2. The van der Waals surface area contributed by atoms with E-state index in [1.54, 1.807) is 20.8 Å². The van der Waals surface area contributed by atoms with Gasteiger partial charge in [0.1, 0.15) is 0 Å². The smallest absolute Gasteiger partial charge is 0.172 e. The zero-order valence-corrected chi connectivity index (χ0v) is 11.5. The van der Waals surface area contributed by atoms with E-state index >= 15 is 0 Å². The first-order valence-corrected chi connectivity index (χ1v) is 6.65. The maximum absolute atomic E-state index is 10.3. The van der Waals surface area contributed by atoms with Crippen LogP contribution in [0.15, 0.2) is 11.6 Å². The van der Waals surface area contributed by atoms with E-state index < -0.39 is 17.0 Å². The predicted molar refractivity (Wildman–Crippen MR) is 68.1 cm³/mol. The highest BCUT2D eigenvalue weighted by molar-refractivity contribution is 5.14. The fourth-order valence-corrected chi connectivity index (χ4v) is 2.43. The lowest BCUT2D eigenvalue weighted by Crippen LogP contribution is -2.48. The van der Waals surface area contributed by atoms with E-state index in [1.807, 2.05) is 0 Å². The molecule has 2 rings (SSSR count). The summed E-state index contributed by atoms with van der Waals surface area (Å²) >= 11 is 0. The Balaban J connectivity index is 1.98. The highest BCUT2D eigenvalue weighted by atomic mass is 16.7. The highest BCUT2D eigenvalue weighted by Gasteiger charge is 2.41. The molecule has 0 aromatic carbocycles. The van der Waals surface area contributed by atoms with Crippen LogP contribution in [0, 0.1) is 0 Å². The van der Waals surface area contributed by atoms with Gasteiger partial charge in [-0.15, -0.1) is 0 Å². The van der Waals surface area contributed by atoms with Gasteiger partial charge in [-0.1, -0.05) is 11.6 Å². The maximum atomic E-state index is 10.3. The van der Waals surface area contributed by atoms with E-state index in [-0.39, 0.29) is 0 Å². The third-order valence-corrected chi connectivity index (χ3v) is 4.23. The van der Waals surface area contributed by atoms with Crippen molar-refractivity contribution in [2.24, 2.45) is 0 Å². The van der Waals surface area contributed by atoms with Crippen LogP contribution in [0.1, 0.15) is 46.5 Å². The van der Waals surface area contributed by atoms with Gasteiger partial charge in [-0.25, -0.2) is 0 Å². The normalized spacial score (nSPS) is 27.1. The summed E-state index contributed by atoms with van der Waals surface area (Å²) < 4.78 is 11.3. The van der Waals surface area contributed by atoms with Crippen LogP contribution in [0.4, 0.5) is 0 Å². The molecule has 0 bridgehead atoms. The monoisotopic (exact) mass is 256 g/mol. The van der Waals surface area contributed by atoms with Gasteiger partial charge in [0.2, 0.25) is 0 Å². The summed E-state index contributed by atoms with van der Waals surface area (Å²) in [4.78, 5) is 0. The lowest BCUT2D eigenvalue weighted by atomic mass is 9.79. The van der Waals surface area contributed by atoms with Crippen molar-refractivity contribution in [3.8, 4) is 0 Å². The topological polar surface area (TPSA) is 58.9 Å². The molecule has 0 aromatic heterocycles. The molecule has 1 heterocycles. The molecule has 18 heavy (non-hydrogen) atoms. The molecule has 1 saturated heterocycles. The van der Waals surface area contributed by atoms with Crippen molar-refractivity contribution >= 4 is 0 Å². The summed E-state index contributed by atoms with van der Waals surface area (Å²) in [6.07, 6.45) is 5.01. The second-order valence-electron chi connectivity index (χ2n) is 6.18. The van der Waals surface area contributed by atoms with Gasteiger partial charge in [0.05, 0.1) is 24.4 Å². The van der Waals surface area contributed by atoms with Gasteiger partial charge in [-0.2, -0.15) is 0 Å². The van der Waals surface area contributed by atoms with Crippen LogP contribution in [0.25, 0.3) is 0 Å². The lowest BCUT2D eigenvalue weighted by Gasteiger charge is -2.38. The molecule has 1 aliphatic carbocycles. The van der Waals surface area contributed by atoms with Crippen molar-refractivity contribution in [1.82, 2.24) is 0 Å². The van der Waals surface area contributed by atoms with Gasteiger partial charge in [-0.3, -0.25) is 0 Å². The Kier molecular flexibility index (Phi) is 3.58. The third-order valence-electron chi connectivity index (χ3n) is 4.23. The minimum absolute atomic E-state index is 0.413. The lowest BCUT2D eigenvalue weighted by molar-refractivity contribution is -0.162. The molecule has 0 amide bonds. The molecule has 0 aromatic rings. The van der Waals surface area contributed by atoms with Crippen LogP contribution in [0.5, 0.6) is 0 Å². The summed E-state index contributed by atoms with van der Waals surface area (Å²) in [5.41, 5.74) is -1.05. The van der Waals surface area contributed by atoms with Gasteiger partial charge < -0.3 is 19.7 Å². The van der Waals surface area contributed by atoms with Crippen molar-refractivity contribution in [1.29, 1.82) is 0 Å². The van der Waals surface area contributed by atoms with E-state index in [1.165, 1.54) is 5.57 Å². The zero-order chi connectivity index (χ0) is 13.4. The van der Waals surface area contributed by atoms with Crippen molar-refractivity contribution < 1.29 is 19.7 Å². The highest BCUT2D eigenvalue weighted by Crippen LogP contribution is 2.38. The van der Waals surface area contributed by atoms with Crippen LogP contribution in [-0.2, 0) is 9.47 Å². The predicted octanol–water partition coefficient (Wildman–Crippen LogP) is 1.75. The number of rotatable bonds is 3. The van der Waals surface area contributed by atoms with Gasteiger partial charge in [0.25, 0.3) is 0 Å². The van der Waals surface area contributed by atoms with Crippen LogP contribution >= 0.6 is 0 Å². The average molecular weight is 256 g/mol. The first kappa shape index (κ1) is 14.0. The van der Waals surface area contributed by atoms with E-state index in [4.69, 9.17) is 9.47 Å². The first-order valence-electron chi connectivity index (χ1n) is 6.65. The average Bonchev–Trinajstić information content (AvgIpc) is 2.69. The zero-order valence-electron chi connectivity index (χ0n) is 11.5. The summed E-state index contributed by atoms with van der Waals surface area (Å²) in [5.74, 6) is -0.413. The Bertz CT molecular complexity index is 332. The molecule has 1 aliphatic heterocycles. The molecule has 1 spiro atoms. The third kappa shape index (κ3) is 2.77. The minimum Gasteiger partial charge on any atom is -0.387 e. The molecule has 104 valence electrons. The van der Waals surface area contributed by atoms with E-state index in [2.05, 4.69) is 6.08 Å². The molecule has 1 unspecified atom stereocenters. The van der Waals surface area contributed by atoms with Crippen LogP contribution in [0.2, 0.25) is 0 Å². The number of hydrogen-bond acceptors (Lipinski definition) is 4.